The summed E-state index contributed by atoms with van der Waals surface area (Å²) in [6, 6.07) is 0. The zero-order valence-corrected chi connectivity index (χ0v) is 11.4. The first-order valence-electron chi connectivity index (χ1n) is 5.14. The lowest BCUT2D eigenvalue weighted by molar-refractivity contribution is -0.0305. The Balaban J connectivity index is 2.19. The van der Waals surface area contributed by atoms with Crippen LogP contribution in [0.25, 0.3) is 0 Å². The molecule has 1 fully saturated rings. The fraction of sp³-hybridized carbons (Fsp3) is 0.600. The van der Waals surface area contributed by atoms with Crippen molar-refractivity contribution in [2.45, 2.75) is 19.4 Å². The molecule has 0 unspecified atom stereocenters. The zero-order valence-electron chi connectivity index (χ0n) is 9.20. The average Bonchev–Trinajstić information content (AvgIpc) is 2.17. The Morgan fingerprint density at radius 1 is 1.62 bits per heavy atom. The van der Waals surface area contributed by atoms with E-state index in [1.807, 2.05) is 41.3 Å². The summed E-state index contributed by atoms with van der Waals surface area (Å²) >= 11 is 1.98. The fourth-order valence-corrected chi connectivity index (χ4v) is 2.36. The number of rotatable bonds is 2. The quantitative estimate of drug-likeness (QED) is 0.776. The lowest BCUT2D eigenvalue weighted by atomic mass is 9.83. The Hall–Kier alpha value is -0.630. The Bertz CT molecular complexity index is 452. The molecule has 1 aromatic rings. The van der Waals surface area contributed by atoms with Crippen molar-refractivity contribution in [3.8, 4) is 0 Å². The highest BCUT2D eigenvalue weighted by molar-refractivity contribution is 14.1. The highest BCUT2D eigenvalue weighted by atomic mass is 127. The van der Waals surface area contributed by atoms with Crippen molar-refractivity contribution < 1.29 is 5.11 Å². The van der Waals surface area contributed by atoms with E-state index in [1.165, 1.54) is 6.33 Å². The van der Waals surface area contributed by atoms with Gasteiger partial charge in [-0.3, -0.25) is 4.79 Å². The van der Waals surface area contributed by atoms with Crippen molar-refractivity contribution in [2.24, 2.45) is 5.92 Å². The van der Waals surface area contributed by atoms with Gasteiger partial charge in [0.15, 0.2) is 0 Å². The standard InChI is InChI=1S/C10H14IN3O2/c1-6(2)10(16)3-14(4-10)8-7(11)9(15)13-5-12-8/h5-6,16H,3-4H2,1-2H3,(H,12,13,15). The van der Waals surface area contributed by atoms with Gasteiger partial charge in [-0.05, 0) is 28.5 Å². The van der Waals surface area contributed by atoms with Crippen LogP contribution in [-0.4, -0.2) is 33.8 Å². The van der Waals surface area contributed by atoms with E-state index in [4.69, 9.17) is 0 Å². The molecular weight excluding hydrogens is 321 g/mol. The van der Waals surface area contributed by atoms with Crippen LogP contribution in [-0.2, 0) is 0 Å². The first kappa shape index (κ1) is 11.8. The first-order valence-corrected chi connectivity index (χ1v) is 6.22. The van der Waals surface area contributed by atoms with Crippen LogP contribution in [0.2, 0.25) is 0 Å². The molecule has 1 aliphatic rings. The van der Waals surface area contributed by atoms with Crippen molar-refractivity contribution in [2.75, 3.05) is 18.0 Å². The molecule has 1 aliphatic heterocycles. The van der Waals surface area contributed by atoms with Crippen LogP contribution < -0.4 is 10.5 Å². The molecule has 2 N–H and O–H groups in total. The first-order chi connectivity index (χ1) is 7.44. The van der Waals surface area contributed by atoms with E-state index < -0.39 is 5.60 Å². The van der Waals surface area contributed by atoms with Crippen molar-refractivity contribution in [3.05, 3.63) is 20.3 Å². The van der Waals surface area contributed by atoms with Gasteiger partial charge in [0.1, 0.15) is 15.0 Å². The molecule has 0 spiro atoms. The van der Waals surface area contributed by atoms with Gasteiger partial charge < -0.3 is 15.0 Å². The minimum atomic E-state index is -0.645. The van der Waals surface area contributed by atoms with Gasteiger partial charge in [0.05, 0.1) is 19.4 Å². The SMILES string of the molecule is CC(C)C1(O)CN(c2nc[nH]c(=O)c2I)C1. The molecule has 2 rings (SSSR count). The van der Waals surface area contributed by atoms with Gasteiger partial charge in [-0.1, -0.05) is 13.8 Å². The Morgan fingerprint density at radius 3 is 2.81 bits per heavy atom. The normalized spacial score (nSPS) is 18.7. The molecule has 5 nitrogen and oxygen atoms in total. The summed E-state index contributed by atoms with van der Waals surface area (Å²) in [7, 11) is 0. The number of hydrogen-bond acceptors (Lipinski definition) is 4. The van der Waals surface area contributed by atoms with E-state index in [1.54, 1.807) is 0 Å². The van der Waals surface area contributed by atoms with Crippen molar-refractivity contribution >= 4 is 28.4 Å². The molecule has 0 atom stereocenters. The van der Waals surface area contributed by atoms with Gasteiger partial charge in [0, 0.05) is 0 Å². The summed E-state index contributed by atoms with van der Waals surface area (Å²) in [5.41, 5.74) is -0.779. The predicted molar refractivity (Wildman–Crippen MR) is 69.6 cm³/mol. The second kappa shape index (κ2) is 3.99. The molecule has 1 aromatic heterocycles. The highest BCUT2D eigenvalue weighted by Crippen LogP contribution is 2.32. The van der Waals surface area contributed by atoms with Crippen molar-refractivity contribution in [3.63, 3.8) is 0 Å². The van der Waals surface area contributed by atoms with Crippen LogP contribution in [0.4, 0.5) is 5.82 Å². The van der Waals surface area contributed by atoms with Gasteiger partial charge >= 0.3 is 0 Å². The van der Waals surface area contributed by atoms with Gasteiger partial charge in [-0.2, -0.15) is 0 Å². The van der Waals surface area contributed by atoms with Gasteiger partial charge in [-0.25, -0.2) is 4.98 Å². The van der Waals surface area contributed by atoms with Gasteiger partial charge in [0.25, 0.3) is 5.56 Å². The molecule has 0 saturated carbocycles. The Labute approximate surface area is 107 Å². The maximum absolute atomic E-state index is 11.4. The summed E-state index contributed by atoms with van der Waals surface area (Å²) in [6.45, 7) is 5.06. The molecule has 0 bridgehead atoms. The van der Waals surface area contributed by atoms with Gasteiger partial charge in [-0.15, -0.1) is 0 Å². The van der Waals surface area contributed by atoms with E-state index in [0.29, 0.717) is 22.5 Å². The zero-order chi connectivity index (χ0) is 11.9. The van der Waals surface area contributed by atoms with E-state index in [0.717, 1.165) is 0 Å². The van der Waals surface area contributed by atoms with E-state index in [2.05, 4.69) is 9.97 Å². The van der Waals surface area contributed by atoms with Crippen LogP contribution in [0, 0.1) is 9.49 Å². The van der Waals surface area contributed by atoms with Crippen LogP contribution in [0.3, 0.4) is 0 Å². The minimum Gasteiger partial charge on any atom is -0.386 e. The second-order valence-electron chi connectivity index (χ2n) is 4.48. The number of nitrogens with zero attached hydrogens (tertiary/aromatic N) is 2. The van der Waals surface area contributed by atoms with Crippen LogP contribution in [0.15, 0.2) is 11.1 Å². The number of nitrogens with one attached hydrogen (secondary N) is 1. The van der Waals surface area contributed by atoms with Crippen LogP contribution in [0.5, 0.6) is 0 Å². The Kier molecular flexibility index (Phi) is 2.95. The van der Waals surface area contributed by atoms with E-state index in [-0.39, 0.29) is 11.5 Å². The molecule has 2 heterocycles. The fourth-order valence-electron chi connectivity index (χ4n) is 1.72. The number of anilines is 1. The average molecular weight is 335 g/mol. The molecule has 88 valence electrons. The third-order valence-electron chi connectivity index (χ3n) is 3.08. The molecule has 1 saturated heterocycles. The maximum atomic E-state index is 11.4. The van der Waals surface area contributed by atoms with E-state index >= 15 is 0 Å². The third-order valence-corrected chi connectivity index (χ3v) is 4.05. The molecule has 16 heavy (non-hydrogen) atoms. The molecular formula is C10H14IN3O2. The van der Waals surface area contributed by atoms with Gasteiger partial charge in [0.2, 0.25) is 0 Å². The molecule has 0 radical (unpaired) electrons. The highest BCUT2D eigenvalue weighted by Gasteiger charge is 2.44. The maximum Gasteiger partial charge on any atom is 0.266 e. The summed E-state index contributed by atoms with van der Waals surface area (Å²) in [5.74, 6) is 0.873. The Morgan fingerprint density at radius 2 is 2.25 bits per heavy atom. The van der Waals surface area contributed by atoms with Crippen LogP contribution >= 0.6 is 22.6 Å². The van der Waals surface area contributed by atoms with Crippen molar-refractivity contribution in [1.29, 1.82) is 0 Å². The molecule has 0 amide bonds. The summed E-state index contributed by atoms with van der Waals surface area (Å²) < 4.78 is 0.575. The number of aromatic nitrogens is 2. The summed E-state index contributed by atoms with van der Waals surface area (Å²) in [4.78, 5) is 20.0. The van der Waals surface area contributed by atoms with Crippen molar-refractivity contribution in [1.82, 2.24) is 9.97 Å². The number of aromatic amines is 1. The lowest BCUT2D eigenvalue weighted by Gasteiger charge is -2.49. The molecule has 6 heteroatoms. The summed E-state index contributed by atoms with van der Waals surface area (Å²) in [6.07, 6.45) is 1.40. The minimum absolute atomic E-state index is 0.134. The number of halogens is 1. The number of H-pyrrole nitrogens is 1. The summed E-state index contributed by atoms with van der Waals surface area (Å²) in [5, 5.41) is 10.1. The van der Waals surface area contributed by atoms with Crippen LogP contribution in [0.1, 0.15) is 13.8 Å². The number of hydrogen-bond donors (Lipinski definition) is 2. The molecule has 0 aliphatic carbocycles. The number of β-amino-alcohol motifs (C(OH)–C–C–N with tert-alkyl or cyclic N) is 1. The monoisotopic (exact) mass is 335 g/mol. The number of aliphatic hydroxyl groups is 1. The topological polar surface area (TPSA) is 69.2 Å². The van der Waals surface area contributed by atoms with E-state index in [9.17, 15) is 9.90 Å². The smallest absolute Gasteiger partial charge is 0.266 e. The predicted octanol–water partition coefficient (Wildman–Crippen LogP) is 0.582. The molecule has 0 aromatic carbocycles. The second-order valence-corrected chi connectivity index (χ2v) is 5.56. The largest absolute Gasteiger partial charge is 0.386 e. The lowest BCUT2D eigenvalue weighted by Crippen LogP contribution is -2.65. The third kappa shape index (κ3) is 1.84.